The van der Waals surface area contributed by atoms with Crippen LogP contribution in [0.5, 0.6) is 0 Å². The fourth-order valence-electron chi connectivity index (χ4n) is 4.27. The molecule has 0 radical (unpaired) electrons. The normalized spacial score (nSPS) is 30.8. The molecule has 1 heteroatoms. The highest BCUT2D eigenvalue weighted by Crippen LogP contribution is 2.65. The number of alkyl halides is 1. The minimum absolute atomic E-state index is 0.169. The Balaban J connectivity index is 2.05. The Morgan fingerprint density at radius 2 is 1.37 bits per heavy atom. The van der Waals surface area contributed by atoms with Crippen LogP contribution >= 0.6 is 11.6 Å². The summed E-state index contributed by atoms with van der Waals surface area (Å²) < 4.78 is 0. The largest absolute Gasteiger partial charge is 0.108 e. The molecule has 2 aliphatic rings. The van der Waals surface area contributed by atoms with Crippen LogP contribution < -0.4 is 0 Å². The summed E-state index contributed by atoms with van der Waals surface area (Å²) in [6, 6.07) is 17.5. The molecule has 0 bridgehead atoms. The summed E-state index contributed by atoms with van der Waals surface area (Å²) in [5, 5.41) is 0. The second-order valence-electron chi connectivity index (χ2n) is 5.96. The predicted molar refractivity (Wildman–Crippen MR) is 79.6 cm³/mol. The van der Waals surface area contributed by atoms with Crippen LogP contribution in [0.4, 0.5) is 0 Å². The van der Waals surface area contributed by atoms with Gasteiger partial charge < -0.3 is 0 Å². The fourth-order valence-corrected chi connectivity index (χ4v) is 4.90. The zero-order valence-electron chi connectivity index (χ0n) is 11.1. The average molecular weight is 269 g/mol. The van der Waals surface area contributed by atoms with Gasteiger partial charge in [0, 0.05) is 5.41 Å². The highest BCUT2D eigenvalue weighted by Gasteiger charge is 2.60. The van der Waals surface area contributed by atoms with Gasteiger partial charge in [-0.1, -0.05) is 55.5 Å². The van der Waals surface area contributed by atoms with Crippen molar-refractivity contribution in [3.8, 4) is 0 Å². The Labute approximate surface area is 119 Å². The lowest BCUT2D eigenvalue weighted by atomic mass is 9.74. The van der Waals surface area contributed by atoms with E-state index in [2.05, 4.69) is 55.5 Å². The lowest BCUT2D eigenvalue weighted by Crippen LogP contribution is -2.35. The number of rotatable bonds is 1. The Hall–Kier alpha value is -1.27. The zero-order chi connectivity index (χ0) is 13.1. The summed E-state index contributed by atoms with van der Waals surface area (Å²) in [6.45, 7) is 2.29. The molecule has 2 aromatic carbocycles. The van der Waals surface area contributed by atoms with Gasteiger partial charge in [0.2, 0.25) is 0 Å². The molecule has 0 aliphatic heterocycles. The summed E-state index contributed by atoms with van der Waals surface area (Å²) in [6.07, 6.45) is 3.34. The van der Waals surface area contributed by atoms with Crippen molar-refractivity contribution in [2.45, 2.75) is 31.1 Å². The molecule has 0 spiro atoms. The highest BCUT2D eigenvalue weighted by atomic mass is 35.5. The molecule has 0 N–H and O–H groups in total. The molecule has 2 aliphatic carbocycles. The number of fused-ring (bicyclic) bond motifs is 5. The van der Waals surface area contributed by atoms with Gasteiger partial charge in [0.1, 0.15) is 4.87 Å². The van der Waals surface area contributed by atoms with Crippen LogP contribution in [0.25, 0.3) is 0 Å². The Bertz CT molecular complexity index is 607. The molecule has 0 atom stereocenters. The lowest BCUT2D eigenvalue weighted by molar-refractivity contribution is 0.252. The van der Waals surface area contributed by atoms with Gasteiger partial charge in [-0.2, -0.15) is 0 Å². The maximum absolute atomic E-state index is 7.29. The van der Waals surface area contributed by atoms with E-state index in [4.69, 9.17) is 11.6 Å². The summed E-state index contributed by atoms with van der Waals surface area (Å²) in [5.74, 6) is 0. The predicted octanol–water partition coefficient (Wildman–Crippen LogP) is 4.68. The average Bonchev–Trinajstić information content (AvgIpc) is 2.84. The molecule has 0 amide bonds. The van der Waals surface area contributed by atoms with Gasteiger partial charge in [0.05, 0.1) is 0 Å². The van der Waals surface area contributed by atoms with Crippen molar-refractivity contribution in [2.75, 3.05) is 0 Å². The molecule has 0 saturated heterocycles. The lowest BCUT2D eigenvalue weighted by Gasteiger charge is -2.36. The smallest absolute Gasteiger partial charge is 0.101 e. The first kappa shape index (κ1) is 11.5. The zero-order valence-corrected chi connectivity index (χ0v) is 11.9. The van der Waals surface area contributed by atoms with E-state index in [1.54, 1.807) is 0 Å². The van der Waals surface area contributed by atoms with Crippen LogP contribution in [0.3, 0.4) is 0 Å². The highest BCUT2D eigenvalue weighted by molar-refractivity contribution is 6.27. The van der Waals surface area contributed by atoms with Gasteiger partial charge in [-0.15, -0.1) is 11.6 Å². The van der Waals surface area contributed by atoms with E-state index < -0.39 is 0 Å². The first-order valence-corrected chi connectivity index (χ1v) is 7.45. The van der Waals surface area contributed by atoms with Gasteiger partial charge in [0.15, 0.2) is 0 Å². The van der Waals surface area contributed by atoms with Crippen molar-refractivity contribution in [1.82, 2.24) is 0 Å². The van der Waals surface area contributed by atoms with Gasteiger partial charge >= 0.3 is 0 Å². The molecule has 4 rings (SSSR count). The number of hydrogen-bond acceptors (Lipinski definition) is 0. The third kappa shape index (κ3) is 1.21. The van der Waals surface area contributed by atoms with Crippen LogP contribution in [-0.2, 0) is 17.7 Å². The first-order chi connectivity index (χ1) is 9.21. The minimum Gasteiger partial charge on any atom is -0.108 e. The first-order valence-electron chi connectivity index (χ1n) is 7.07. The summed E-state index contributed by atoms with van der Waals surface area (Å²) in [7, 11) is 0. The Morgan fingerprint density at radius 3 is 1.84 bits per heavy atom. The Kier molecular flexibility index (Phi) is 2.21. The number of halogens is 1. The van der Waals surface area contributed by atoms with Gasteiger partial charge in [-0.3, -0.25) is 0 Å². The second kappa shape index (κ2) is 3.64. The topological polar surface area (TPSA) is 0 Å². The molecule has 0 fully saturated rings. The standard InChI is InChI=1S/C18H17Cl/c1-2-17-11-13-7-3-5-9-15(13)18(17,19)16-10-6-4-8-14(16)12-17/h3-10H,2,11-12H2,1H3. The monoisotopic (exact) mass is 268 g/mol. The fraction of sp³-hybridized carbons (Fsp3) is 0.333. The second-order valence-corrected chi connectivity index (χ2v) is 6.53. The van der Waals surface area contributed by atoms with E-state index in [9.17, 15) is 0 Å². The van der Waals surface area contributed by atoms with Gasteiger partial charge in [-0.25, -0.2) is 0 Å². The molecular weight excluding hydrogens is 252 g/mol. The van der Waals surface area contributed by atoms with Crippen molar-refractivity contribution in [1.29, 1.82) is 0 Å². The quantitative estimate of drug-likeness (QED) is 0.659. The molecule has 0 aromatic heterocycles. The van der Waals surface area contributed by atoms with E-state index in [-0.39, 0.29) is 10.3 Å². The Morgan fingerprint density at radius 1 is 0.895 bits per heavy atom. The van der Waals surface area contributed by atoms with Crippen LogP contribution in [0, 0.1) is 5.41 Å². The number of benzene rings is 2. The molecule has 2 aromatic rings. The van der Waals surface area contributed by atoms with E-state index in [1.807, 2.05) is 0 Å². The van der Waals surface area contributed by atoms with E-state index in [1.165, 1.54) is 22.3 Å². The van der Waals surface area contributed by atoms with Crippen LogP contribution in [-0.4, -0.2) is 0 Å². The summed E-state index contributed by atoms with van der Waals surface area (Å²) in [4.78, 5) is -0.311. The third-order valence-corrected chi connectivity index (χ3v) is 6.05. The molecule has 96 valence electrons. The molecule has 0 heterocycles. The summed E-state index contributed by atoms with van der Waals surface area (Å²) in [5.41, 5.74) is 5.72. The van der Waals surface area contributed by atoms with Crippen LogP contribution in [0.1, 0.15) is 35.6 Å². The molecule has 0 unspecified atom stereocenters. The summed E-state index contributed by atoms with van der Waals surface area (Å²) >= 11 is 7.29. The van der Waals surface area contributed by atoms with Crippen molar-refractivity contribution >= 4 is 11.6 Å². The van der Waals surface area contributed by atoms with Gasteiger partial charge in [-0.05, 0) is 41.5 Å². The molecule has 0 nitrogen and oxygen atoms in total. The van der Waals surface area contributed by atoms with Crippen molar-refractivity contribution in [3.63, 3.8) is 0 Å². The van der Waals surface area contributed by atoms with Crippen molar-refractivity contribution in [3.05, 3.63) is 70.8 Å². The van der Waals surface area contributed by atoms with Crippen molar-refractivity contribution < 1.29 is 0 Å². The minimum atomic E-state index is -0.311. The molecular formula is C18H17Cl. The van der Waals surface area contributed by atoms with E-state index >= 15 is 0 Å². The third-order valence-electron chi connectivity index (χ3n) is 5.24. The van der Waals surface area contributed by atoms with Crippen LogP contribution in [0.15, 0.2) is 48.5 Å². The maximum atomic E-state index is 7.29. The molecule has 19 heavy (non-hydrogen) atoms. The number of hydrogen-bond donors (Lipinski definition) is 0. The SMILES string of the molecule is CCC12Cc3ccccc3C1(Cl)c1ccccc1C2. The van der Waals surface area contributed by atoms with E-state index in [0.717, 1.165) is 19.3 Å². The van der Waals surface area contributed by atoms with Gasteiger partial charge in [0.25, 0.3) is 0 Å². The van der Waals surface area contributed by atoms with Crippen molar-refractivity contribution in [2.24, 2.45) is 5.41 Å². The maximum Gasteiger partial charge on any atom is 0.101 e. The molecule has 0 saturated carbocycles. The van der Waals surface area contributed by atoms with Crippen LogP contribution in [0.2, 0.25) is 0 Å². The van der Waals surface area contributed by atoms with E-state index in [0.29, 0.717) is 0 Å².